The summed E-state index contributed by atoms with van der Waals surface area (Å²) < 4.78 is 19.6. The van der Waals surface area contributed by atoms with E-state index in [1.54, 1.807) is 45.4 Å². The summed E-state index contributed by atoms with van der Waals surface area (Å²) in [5.41, 5.74) is 0. The molecular weight excluding hydrogens is 526 g/mol. The van der Waals surface area contributed by atoms with Crippen LogP contribution < -0.4 is 0 Å². The van der Waals surface area contributed by atoms with E-state index in [2.05, 4.69) is 9.95 Å². The molecule has 2 nitrogen and oxygen atoms in total. The Morgan fingerprint density at radius 2 is 1.05 bits per heavy atom. The quantitative estimate of drug-likeness (QED) is 0.449. The van der Waals surface area contributed by atoms with Crippen molar-refractivity contribution in [1.82, 2.24) is 0 Å². The maximum absolute atomic E-state index is 5.39. The zero-order valence-corrected chi connectivity index (χ0v) is 19.6. The zero-order chi connectivity index (χ0) is 15.1. The van der Waals surface area contributed by atoms with Crippen LogP contribution in [0.3, 0.4) is 0 Å². The van der Waals surface area contributed by atoms with Crippen LogP contribution in [0.1, 0.15) is 0 Å². The molecule has 0 aliphatic carbocycles. The molecular formula is C12H8O2S6Se2. The maximum atomic E-state index is 5.39. The summed E-state index contributed by atoms with van der Waals surface area (Å²) in [6.45, 7) is 0. The molecule has 0 saturated heterocycles. The van der Waals surface area contributed by atoms with Crippen molar-refractivity contribution in [3.05, 3.63) is 44.7 Å². The van der Waals surface area contributed by atoms with Gasteiger partial charge in [0.1, 0.15) is 0 Å². The van der Waals surface area contributed by atoms with Gasteiger partial charge in [-0.1, -0.05) is 0 Å². The number of rotatable bonds is 2. The molecule has 0 N–H and O–H groups in total. The summed E-state index contributed by atoms with van der Waals surface area (Å²) >= 11 is 12.3. The van der Waals surface area contributed by atoms with Crippen molar-refractivity contribution in [2.24, 2.45) is 0 Å². The second kappa shape index (κ2) is 7.36. The Kier molecular flexibility index (Phi) is 5.65. The molecule has 0 aromatic rings. The molecule has 0 radical (unpaired) electrons. The summed E-state index contributed by atoms with van der Waals surface area (Å²) in [6.07, 6.45) is 0. The van der Waals surface area contributed by atoms with E-state index in [1.807, 2.05) is 47.0 Å². The topological polar surface area (TPSA) is 18.5 Å². The zero-order valence-electron chi connectivity index (χ0n) is 11.2. The van der Waals surface area contributed by atoms with E-state index in [0.717, 1.165) is 10.2 Å². The van der Waals surface area contributed by atoms with Crippen LogP contribution >= 0.6 is 70.6 Å². The Labute approximate surface area is 167 Å². The molecule has 0 atom stereocenters. The van der Waals surface area contributed by atoms with Gasteiger partial charge >= 0.3 is 169 Å². The van der Waals surface area contributed by atoms with Crippen molar-refractivity contribution < 1.29 is 9.47 Å². The summed E-state index contributed by atoms with van der Waals surface area (Å²) in [5.74, 6) is 0. The number of methoxy groups -OCH3 is 2. The fraction of sp³-hybridized carbons (Fsp3) is 0.167. The molecule has 0 aromatic carbocycles. The summed E-state index contributed by atoms with van der Waals surface area (Å²) in [6, 6.07) is 0. The molecule has 0 unspecified atom stereocenters. The predicted molar refractivity (Wildman–Crippen MR) is 108 cm³/mol. The second-order valence-electron chi connectivity index (χ2n) is 3.83. The first-order valence-electron chi connectivity index (χ1n) is 5.89. The van der Waals surface area contributed by atoms with E-state index < -0.39 is 0 Å². The van der Waals surface area contributed by atoms with Crippen LogP contribution in [0.2, 0.25) is 0 Å². The number of ether oxygens (including phenoxy) is 2. The molecule has 10 heteroatoms. The summed E-state index contributed by atoms with van der Waals surface area (Å²) in [7, 11) is 3.40. The average molecular weight is 535 g/mol. The van der Waals surface area contributed by atoms with Gasteiger partial charge in [0.2, 0.25) is 0 Å². The average Bonchev–Trinajstić information content (AvgIpc) is 3.26. The van der Waals surface area contributed by atoms with Gasteiger partial charge in [0.05, 0.1) is 0 Å². The minimum absolute atomic E-state index is 0.605. The Morgan fingerprint density at radius 1 is 0.636 bits per heavy atom. The van der Waals surface area contributed by atoms with Crippen LogP contribution in [0, 0.1) is 0 Å². The first-order chi connectivity index (χ1) is 10.8. The minimum atomic E-state index is 0.605. The van der Waals surface area contributed by atoms with E-state index >= 15 is 0 Å². The van der Waals surface area contributed by atoms with Gasteiger partial charge in [-0.05, 0) is 0 Å². The Morgan fingerprint density at radius 3 is 1.50 bits per heavy atom. The van der Waals surface area contributed by atoms with Crippen LogP contribution in [0.15, 0.2) is 44.7 Å². The third-order valence-corrected chi connectivity index (χ3v) is 18.2. The third kappa shape index (κ3) is 3.26. The van der Waals surface area contributed by atoms with Crippen LogP contribution in [0.4, 0.5) is 0 Å². The number of thioether (sulfide) groups is 6. The normalized spacial score (nSPS) is 24.3. The van der Waals surface area contributed by atoms with E-state index in [4.69, 9.17) is 9.47 Å². The molecule has 0 aromatic heterocycles. The van der Waals surface area contributed by atoms with E-state index in [0.29, 0.717) is 29.9 Å². The number of hydrogen-bond donors (Lipinski definition) is 0. The van der Waals surface area contributed by atoms with Crippen molar-refractivity contribution in [2.75, 3.05) is 14.2 Å². The molecule has 0 amide bonds. The molecule has 4 rings (SSSR count). The Bertz CT molecular complexity index is 644. The fourth-order valence-corrected chi connectivity index (χ4v) is 16.5. The van der Waals surface area contributed by atoms with Crippen molar-refractivity contribution in [2.45, 2.75) is 0 Å². The van der Waals surface area contributed by atoms with E-state index in [9.17, 15) is 0 Å². The molecule has 4 aliphatic heterocycles. The third-order valence-electron chi connectivity index (χ3n) is 2.56. The van der Waals surface area contributed by atoms with Gasteiger partial charge < -0.3 is 0 Å². The van der Waals surface area contributed by atoms with Crippen LogP contribution in [0.25, 0.3) is 0 Å². The molecule has 4 aliphatic rings. The molecule has 4 heterocycles. The van der Waals surface area contributed by atoms with Crippen LogP contribution in [-0.4, -0.2) is 44.1 Å². The van der Waals surface area contributed by atoms with Gasteiger partial charge in [0.25, 0.3) is 0 Å². The van der Waals surface area contributed by atoms with Crippen LogP contribution in [0.5, 0.6) is 0 Å². The van der Waals surface area contributed by atoms with Crippen molar-refractivity contribution in [1.29, 1.82) is 0 Å². The van der Waals surface area contributed by atoms with Crippen molar-refractivity contribution in [3.63, 3.8) is 0 Å². The molecule has 0 fully saturated rings. The monoisotopic (exact) mass is 536 g/mol. The Hall–Kier alpha value is 1.44. The summed E-state index contributed by atoms with van der Waals surface area (Å²) in [4.78, 5) is 4.73. The van der Waals surface area contributed by atoms with Gasteiger partial charge in [-0.25, -0.2) is 0 Å². The molecule has 0 bridgehead atoms. The molecule has 22 heavy (non-hydrogen) atoms. The molecule has 0 saturated carbocycles. The van der Waals surface area contributed by atoms with E-state index in [-0.39, 0.29) is 0 Å². The first kappa shape index (κ1) is 16.9. The fourth-order valence-electron chi connectivity index (χ4n) is 1.66. The standard InChI is InChI=1S/C12H8O2S6Se2/c1-13-5-6(14-2)16-7(15-5)8-17-9-10(18-8)20-11(19-9)12-21-3-4-22-12/h3-4H,1-2H3. The number of hydrogen-bond acceptors (Lipinski definition) is 8. The van der Waals surface area contributed by atoms with Crippen molar-refractivity contribution in [3.8, 4) is 0 Å². The Balaban J connectivity index is 1.47. The SMILES string of the molecule is COC1=C(OC)SC(=C2SC3=C(S2)SC(=C2[Se]C=C[Se]2)S3)S1. The second-order valence-corrected chi connectivity index (χ2v) is 16.3. The van der Waals surface area contributed by atoms with Gasteiger partial charge in [0.15, 0.2) is 0 Å². The van der Waals surface area contributed by atoms with Crippen molar-refractivity contribution >= 4 is 100 Å². The van der Waals surface area contributed by atoms with Crippen LogP contribution in [-0.2, 0) is 9.47 Å². The van der Waals surface area contributed by atoms with Gasteiger partial charge in [-0.15, -0.1) is 0 Å². The van der Waals surface area contributed by atoms with Gasteiger partial charge in [0, 0.05) is 0 Å². The predicted octanol–water partition coefficient (Wildman–Crippen LogP) is 5.12. The van der Waals surface area contributed by atoms with E-state index in [1.165, 1.54) is 16.9 Å². The molecule has 0 spiro atoms. The molecule has 116 valence electrons. The van der Waals surface area contributed by atoms with Gasteiger partial charge in [-0.2, -0.15) is 0 Å². The van der Waals surface area contributed by atoms with Gasteiger partial charge in [-0.3, -0.25) is 0 Å². The first-order valence-corrected chi connectivity index (χ1v) is 14.5. The summed E-state index contributed by atoms with van der Waals surface area (Å²) in [5, 5.41) is 1.74.